The van der Waals surface area contributed by atoms with Crippen molar-refractivity contribution >= 4 is 5.78 Å². The van der Waals surface area contributed by atoms with Gasteiger partial charge in [0.05, 0.1) is 11.7 Å². The Kier molecular flexibility index (Phi) is 5.21. The molecule has 34 heavy (non-hydrogen) atoms. The van der Waals surface area contributed by atoms with E-state index in [0.717, 1.165) is 44.9 Å². The summed E-state index contributed by atoms with van der Waals surface area (Å²) in [5.41, 5.74) is 1.09. The van der Waals surface area contributed by atoms with E-state index in [-0.39, 0.29) is 57.4 Å². The summed E-state index contributed by atoms with van der Waals surface area (Å²) < 4.78 is 0. The first-order chi connectivity index (χ1) is 15.8. The Morgan fingerprint density at radius 3 is 2.38 bits per heavy atom. The van der Waals surface area contributed by atoms with E-state index in [0.29, 0.717) is 5.92 Å². The van der Waals surface area contributed by atoms with E-state index in [1.165, 1.54) is 5.57 Å². The number of fused-ring (bicyclic) bond motifs is 7. The van der Waals surface area contributed by atoms with Crippen LogP contribution in [0.15, 0.2) is 23.3 Å². The van der Waals surface area contributed by atoms with Crippen LogP contribution >= 0.6 is 0 Å². The molecule has 0 aromatic heterocycles. The van der Waals surface area contributed by atoms with Crippen LogP contribution in [0.4, 0.5) is 0 Å². The number of rotatable bonds is 1. The van der Waals surface area contributed by atoms with Crippen LogP contribution in [-0.4, -0.2) is 28.7 Å². The van der Waals surface area contributed by atoms with Gasteiger partial charge in [-0.05, 0) is 84.4 Å². The van der Waals surface area contributed by atoms with Crippen LogP contribution in [0.25, 0.3) is 0 Å². The van der Waals surface area contributed by atoms with Gasteiger partial charge >= 0.3 is 0 Å². The van der Waals surface area contributed by atoms with E-state index in [1.54, 1.807) is 0 Å². The molecule has 4 nitrogen and oxygen atoms in total. The van der Waals surface area contributed by atoms with Crippen molar-refractivity contribution in [2.75, 3.05) is 6.61 Å². The molecule has 0 saturated heterocycles. The average Bonchev–Trinajstić information content (AvgIpc) is 2.77. The van der Waals surface area contributed by atoms with Gasteiger partial charge < -0.3 is 10.2 Å². The predicted octanol–water partition coefficient (Wildman–Crippen LogP) is 5.60. The van der Waals surface area contributed by atoms with E-state index in [1.807, 2.05) is 13.0 Å². The van der Waals surface area contributed by atoms with Crippen molar-refractivity contribution in [1.29, 1.82) is 5.26 Å². The first-order valence-electron chi connectivity index (χ1n) is 13.5. The first-order valence-corrected chi connectivity index (χ1v) is 13.5. The molecule has 9 atom stereocenters. The Morgan fingerprint density at radius 1 is 1.06 bits per heavy atom. The van der Waals surface area contributed by atoms with Crippen molar-refractivity contribution in [3.8, 4) is 6.07 Å². The highest BCUT2D eigenvalue weighted by Crippen LogP contribution is 2.74. The van der Waals surface area contributed by atoms with Gasteiger partial charge in [0, 0.05) is 17.9 Å². The number of allylic oxidation sites excluding steroid dienone is 3. The van der Waals surface area contributed by atoms with E-state index >= 15 is 0 Å². The molecule has 4 heteroatoms. The zero-order valence-corrected chi connectivity index (χ0v) is 21.9. The zero-order valence-electron chi connectivity index (χ0n) is 21.9. The summed E-state index contributed by atoms with van der Waals surface area (Å²) in [6.45, 7) is 13.9. The van der Waals surface area contributed by atoms with E-state index in [2.05, 4.69) is 46.8 Å². The van der Waals surface area contributed by atoms with Crippen LogP contribution in [0.2, 0.25) is 0 Å². The average molecular weight is 466 g/mol. The second-order valence-electron chi connectivity index (χ2n) is 14.1. The molecule has 0 amide bonds. The van der Waals surface area contributed by atoms with Crippen LogP contribution < -0.4 is 0 Å². The Labute approximate surface area is 205 Å². The van der Waals surface area contributed by atoms with Gasteiger partial charge in [-0.15, -0.1) is 0 Å². The van der Waals surface area contributed by atoms with Gasteiger partial charge in [-0.3, -0.25) is 4.79 Å². The van der Waals surface area contributed by atoms with E-state index in [9.17, 15) is 20.3 Å². The minimum Gasteiger partial charge on any atom is -0.396 e. The van der Waals surface area contributed by atoms with Gasteiger partial charge in [-0.1, -0.05) is 59.3 Å². The third-order valence-electron chi connectivity index (χ3n) is 12.2. The zero-order chi connectivity index (χ0) is 24.9. The van der Waals surface area contributed by atoms with Gasteiger partial charge in [0.1, 0.15) is 6.07 Å². The molecule has 5 aliphatic rings. The molecule has 0 aromatic rings. The number of hydrogen-bond acceptors (Lipinski definition) is 4. The van der Waals surface area contributed by atoms with Crippen LogP contribution in [0.1, 0.15) is 86.5 Å². The van der Waals surface area contributed by atoms with Crippen LogP contribution in [0.5, 0.6) is 0 Å². The predicted molar refractivity (Wildman–Crippen MR) is 132 cm³/mol. The van der Waals surface area contributed by atoms with Crippen LogP contribution in [0.3, 0.4) is 0 Å². The molecular formula is C30H43NO3. The molecule has 0 heterocycles. The molecular weight excluding hydrogens is 422 g/mol. The standard InChI is InChI=1S/C30H43NO3/c1-18-20-7-8-28(5)23(27(20,4)14-19(16-31)25(18)34)13-22(33)24-21-15-26(2,3)9-11-30(21,17-32)12-10-29(24,28)6/h13-14,18,20-22,24,32-33H,7-12,15,17H2,1-6H3/t18-,20-,21?,22+,24+,27-,28+,29+,30+/m0/s1. The molecule has 2 N–H and O–H groups in total. The summed E-state index contributed by atoms with van der Waals surface area (Å²) in [7, 11) is 0. The van der Waals surface area contributed by atoms with Gasteiger partial charge in [-0.25, -0.2) is 0 Å². The Hall–Kier alpha value is -1.44. The van der Waals surface area contributed by atoms with E-state index in [4.69, 9.17) is 0 Å². The molecule has 3 fully saturated rings. The molecule has 186 valence electrons. The molecule has 0 aliphatic heterocycles. The summed E-state index contributed by atoms with van der Waals surface area (Å²) in [5.74, 6) is 0.378. The molecule has 0 bridgehead atoms. The van der Waals surface area contributed by atoms with Gasteiger partial charge in [0.15, 0.2) is 5.78 Å². The maximum absolute atomic E-state index is 12.9. The molecule has 0 radical (unpaired) electrons. The summed E-state index contributed by atoms with van der Waals surface area (Å²) in [6.07, 6.45) is 10.7. The summed E-state index contributed by atoms with van der Waals surface area (Å²) in [5, 5.41) is 32.3. The van der Waals surface area contributed by atoms with Crippen molar-refractivity contribution in [3.05, 3.63) is 23.3 Å². The highest BCUT2D eigenvalue weighted by molar-refractivity contribution is 6.02. The molecule has 5 rings (SSSR count). The minimum atomic E-state index is -0.569. The number of carbonyl (C=O) groups excluding carboxylic acids is 1. The summed E-state index contributed by atoms with van der Waals surface area (Å²) in [4.78, 5) is 12.9. The molecule has 5 aliphatic carbocycles. The number of hydrogen-bond donors (Lipinski definition) is 2. The normalized spacial score (nSPS) is 51.6. The Morgan fingerprint density at radius 2 is 1.74 bits per heavy atom. The maximum Gasteiger partial charge on any atom is 0.176 e. The number of nitriles is 1. The number of ketones is 1. The smallest absolute Gasteiger partial charge is 0.176 e. The Balaban J connectivity index is 1.67. The lowest BCUT2D eigenvalue weighted by Gasteiger charge is -2.70. The van der Waals surface area contributed by atoms with Crippen LogP contribution in [-0.2, 0) is 4.79 Å². The second kappa shape index (κ2) is 7.30. The minimum absolute atomic E-state index is 0.0237. The fraction of sp³-hybridized carbons (Fsp3) is 0.800. The lowest BCUT2D eigenvalue weighted by molar-refractivity contribution is -0.193. The van der Waals surface area contributed by atoms with Crippen molar-refractivity contribution in [3.63, 3.8) is 0 Å². The lowest BCUT2D eigenvalue weighted by Crippen LogP contribution is -2.65. The van der Waals surface area contributed by atoms with E-state index < -0.39 is 11.5 Å². The number of Topliss-reactive ketones (excluding diaryl/α,β-unsaturated/α-hetero) is 1. The van der Waals surface area contributed by atoms with Gasteiger partial charge in [0.2, 0.25) is 0 Å². The van der Waals surface area contributed by atoms with Crippen molar-refractivity contribution in [1.82, 2.24) is 0 Å². The number of aliphatic hydroxyl groups excluding tert-OH is 2. The number of carbonyl (C=O) groups is 1. The Bertz CT molecular complexity index is 1020. The number of aliphatic hydroxyl groups is 2. The fourth-order valence-corrected chi connectivity index (χ4v) is 9.90. The quantitative estimate of drug-likeness (QED) is 0.494. The summed E-state index contributed by atoms with van der Waals surface area (Å²) in [6, 6.07) is 2.18. The first kappa shape index (κ1) is 24.3. The van der Waals surface area contributed by atoms with Gasteiger partial charge in [-0.2, -0.15) is 5.26 Å². The van der Waals surface area contributed by atoms with Crippen molar-refractivity contribution < 1.29 is 15.0 Å². The van der Waals surface area contributed by atoms with Crippen LogP contribution in [0, 0.1) is 62.1 Å². The monoisotopic (exact) mass is 465 g/mol. The molecule has 0 aromatic carbocycles. The number of nitrogens with zero attached hydrogens (tertiary/aromatic N) is 1. The maximum atomic E-state index is 12.9. The topological polar surface area (TPSA) is 81.3 Å². The third kappa shape index (κ3) is 2.86. The van der Waals surface area contributed by atoms with Crippen molar-refractivity contribution in [2.24, 2.45) is 50.7 Å². The van der Waals surface area contributed by atoms with Gasteiger partial charge in [0.25, 0.3) is 0 Å². The highest BCUT2D eigenvalue weighted by atomic mass is 16.3. The second-order valence-corrected chi connectivity index (χ2v) is 14.1. The highest BCUT2D eigenvalue weighted by Gasteiger charge is 2.68. The molecule has 3 saturated carbocycles. The largest absolute Gasteiger partial charge is 0.396 e. The molecule has 0 spiro atoms. The summed E-state index contributed by atoms with van der Waals surface area (Å²) >= 11 is 0. The van der Waals surface area contributed by atoms with Crippen molar-refractivity contribution in [2.45, 2.75) is 92.6 Å². The fourth-order valence-electron chi connectivity index (χ4n) is 9.90. The molecule has 1 unspecified atom stereocenters. The third-order valence-corrected chi connectivity index (χ3v) is 12.2. The SMILES string of the molecule is C[C@@H]1C(=O)C(C#N)=C[C@]2(C)C3=C[C@@H](O)[C@H]4C5CC(C)(C)CC[C@]5(CO)CC[C@@]4(C)[C@]3(C)CC[C@@H]12. The lowest BCUT2D eigenvalue weighted by atomic mass is 9.34.